The van der Waals surface area contributed by atoms with Crippen LogP contribution in [0.25, 0.3) is 10.8 Å². The van der Waals surface area contributed by atoms with Gasteiger partial charge >= 0.3 is 0 Å². The highest BCUT2D eigenvalue weighted by atomic mass is 15.1. The maximum atomic E-state index is 5.50. The molecule has 0 bridgehead atoms. The van der Waals surface area contributed by atoms with Gasteiger partial charge in [0.25, 0.3) is 0 Å². The SMILES string of the molecule is CN(Cc1cnc(N)nc1)Cc1cccc2cnccc12. The van der Waals surface area contributed by atoms with Gasteiger partial charge in [0, 0.05) is 48.8 Å². The summed E-state index contributed by atoms with van der Waals surface area (Å²) in [5.41, 5.74) is 7.84. The number of nitrogens with zero attached hydrogens (tertiary/aromatic N) is 4. The third-order valence-corrected chi connectivity index (χ3v) is 3.39. The number of fused-ring (bicyclic) bond motifs is 1. The molecule has 0 radical (unpaired) electrons. The van der Waals surface area contributed by atoms with E-state index in [0.29, 0.717) is 5.95 Å². The lowest BCUT2D eigenvalue weighted by Gasteiger charge is -2.17. The molecule has 3 aromatic rings. The maximum Gasteiger partial charge on any atom is 0.219 e. The summed E-state index contributed by atoms with van der Waals surface area (Å²) in [5.74, 6) is 0.308. The zero-order chi connectivity index (χ0) is 14.7. The molecular weight excluding hydrogens is 262 g/mol. The number of nitrogens with two attached hydrogens (primary N) is 1. The Balaban J connectivity index is 1.77. The molecule has 0 fully saturated rings. The lowest BCUT2D eigenvalue weighted by atomic mass is 10.1. The zero-order valence-electron chi connectivity index (χ0n) is 11.9. The Morgan fingerprint density at radius 2 is 1.86 bits per heavy atom. The summed E-state index contributed by atoms with van der Waals surface area (Å²) < 4.78 is 0. The molecule has 2 heterocycles. The lowest BCUT2D eigenvalue weighted by Crippen LogP contribution is -2.17. The third-order valence-electron chi connectivity index (χ3n) is 3.39. The molecule has 0 aliphatic rings. The highest BCUT2D eigenvalue weighted by Gasteiger charge is 2.06. The van der Waals surface area contributed by atoms with Crippen LogP contribution in [0.2, 0.25) is 0 Å². The summed E-state index contributed by atoms with van der Waals surface area (Å²) in [4.78, 5) is 14.4. The summed E-state index contributed by atoms with van der Waals surface area (Å²) in [6, 6.07) is 8.36. The van der Waals surface area contributed by atoms with E-state index in [4.69, 9.17) is 5.73 Å². The van der Waals surface area contributed by atoms with Crippen LogP contribution in [0.3, 0.4) is 0 Å². The largest absolute Gasteiger partial charge is 0.368 e. The number of hydrogen-bond acceptors (Lipinski definition) is 5. The van der Waals surface area contributed by atoms with Gasteiger partial charge in [-0.05, 0) is 24.1 Å². The molecule has 2 N–H and O–H groups in total. The average molecular weight is 279 g/mol. The predicted octanol–water partition coefficient (Wildman–Crippen LogP) is 2.24. The highest BCUT2D eigenvalue weighted by molar-refractivity contribution is 5.84. The fourth-order valence-corrected chi connectivity index (χ4v) is 2.43. The summed E-state index contributed by atoms with van der Waals surface area (Å²) in [6.07, 6.45) is 7.27. The summed E-state index contributed by atoms with van der Waals surface area (Å²) >= 11 is 0. The molecule has 0 spiro atoms. The Morgan fingerprint density at radius 3 is 2.67 bits per heavy atom. The van der Waals surface area contributed by atoms with Gasteiger partial charge in [0.05, 0.1) is 0 Å². The zero-order valence-corrected chi connectivity index (χ0v) is 11.9. The quantitative estimate of drug-likeness (QED) is 0.793. The van der Waals surface area contributed by atoms with Crippen molar-refractivity contribution in [2.45, 2.75) is 13.1 Å². The minimum absolute atomic E-state index is 0.308. The normalized spacial score (nSPS) is 11.1. The van der Waals surface area contributed by atoms with Crippen molar-refractivity contribution in [3.63, 3.8) is 0 Å². The molecule has 0 saturated carbocycles. The molecule has 3 rings (SSSR count). The lowest BCUT2D eigenvalue weighted by molar-refractivity contribution is 0.319. The van der Waals surface area contributed by atoms with E-state index < -0.39 is 0 Å². The van der Waals surface area contributed by atoms with E-state index in [-0.39, 0.29) is 0 Å². The van der Waals surface area contributed by atoms with Gasteiger partial charge in [-0.15, -0.1) is 0 Å². The van der Waals surface area contributed by atoms with Crippen LogP contribution in [0, 0.1) is 0 Å². The van der Waals surface area contributed by atoms with E-state index >= 15 is 0 Å². The number of aromatic nitrogens is 3. The number of hydrogen-bond donors (Lipinski definition) is 1. The second-order valence-electron chi connectivity index (χ2n) is 5.14. The van der Waals surface area contributed by atoms with Crippen LogP contribution in [0.1, 0.15) is 11.1 Å². The van der Waals surface area contributed by atoms with Gasteiger partial charge < -0.3 is 5.73 Å². The first kappa shape index (κ1) is 13.5. The number of rotatable bonds is 4. The molecule has 2 aromatic heterocycles. The van der Waals surface area contributed by atoms with Crippen LogP contribution in [0.5, 0.6) is 0 Å². The highest BCUT2D eigenvalue weighted by Crippen LogP contribution is 2.19. The Hall–Kier alpha value is -2.53. The van der Waals surface area contributed by atoms with Gasteiger partial charge in [0.15, 0.2) is 0 Å². The first-order valence-electron chi connectivity index (χ1n) is 6.79. The van der Waals surface area contributed by atoms with E-state index in [9.17, 15) is 0 Å². The Kier molecular flexibility index (Phi) is 3.75. The van der Waals surface area contributed by atoms with Crippen LogP contribution in [-0.2, 0) is 13.1 Å². The number of nitrogen functional groups attached to an aromatic ring is 1. The van der Waals surface area contributed by atoms with Crippen LogP contribution in [0.15, 0.2) is 49.1 Å². The van der Waals surface area contributed by atoms with Gasteiger partial charge in [-0.25, -0.2) is 9.97 Å². The van der Waals surface area contributed by atoms with Crippen molar-refractivity contribution in [3.05, 3.63) is 60.2 Å². The minimum Gasteiger partial charge on any atom is -0.368 e. The first-order valence-corrected chi connectivity index (χ1v) is 6.79. The second kappa shape index (κ2) is 5.85. The third kappa shape index (κ3) is 3.14. The molecule has 0 aliphatic carbocycles. The molecule has 0 saturated heterocycles. The monoisotopic (exact) mass is 279 g/mol. The maximum absolute atomic E-state index is 5.50. The molecule has 5 heteroatoms. The standard InChI is InChI=1S/C16H17N5/c1-21(10-12-7-19-16(17)20-8-12)11-14-4-2-3-13-9-18-6-5-15(13)14/h2-9H,10-11H2,1H3,(H2,17,19,20). The molecule has 1 aromatic carbocycles. The number of pyridine rings is 1. The van der Waals surface area contributed by atoms with Gasteiger partial charge in [-0.1, -0.05) is 18.2 Å². The molecular formula is C16H17N5. The van der Waals surface area contributed by atoms with Gasteiger partial charge in [-0.2, -0.15) is 0 Å². The molecule has 0 unspecified atom stereocenters. The van der Waals surface area contributed by atoms with Crippen molar-refractivity contribution >= 4 is 16.7 Å². The first-order chi connectivity index (χ1) is 10.2. The predicted molar refractivity (Wildman–Crippen MR) is 83.4 cm³/mol. The van der Waals surface area contributed by atoms with Crippen molar-refractivity contribution in [2.24, 2.45) is 0 Å². The summed E-state index contributed by atoms with van der Waals surface area (Å²) in [6.45, 7) is 1.63. The smallest absolute Gasteiger partial charge is 0.219 e. The molecule has 106 valence electrons. The number of benzene rings is 1. The van der Waals surface area contributed by atoms with E-state index in [1.54, 1.807) is 12.4 Å². The van der Waals surface area contributed by atoms with E-state index in [0.717, 1.165) is 18.7 Å². The Labute approximate surface area is 123 Å². The molecule has 5 nitrogen and oxygen atoms in total. The fourth-order valence-electron chi connectivity index (χ4n) is 2.43. The van der Waals surface area contributed by atoms with E-state index in [2.05, 4.69) is 51.2 Å². The summed E-state index contributed by atoms with van der Waals surface area (Å²) in [5, 5.41) is 2.41. The molecule has 0 aliphatic heterocycles. The van der Waals surface area contributed by atoms with Crippen molar-refractivity contribution in [1.29, 1.82) is 0 Å². The minimum atomic E-state index is 0.308. The van der Waals surface area contributed by atoms with Crippen LogP contribution >= 0.6 is 0 Å². The van der Waals surface area contributed by atoms with E-state index in [1.807, 2.05) is 12.4 Å². The molecule has 0 amide bonds. The number of anilines is 1. The van der Waals surface area contributed by atoms with Crippen molar-refractivity contribution in [1.82, 2.24) is 19.9 Å². The van der Waals surface area contributed by atoms with Crippen molar-refractivity contribution in [3.8, 4) is 0 Å². The summed E-state index contributed by atoms with van der Waals surface area (Å²) in [7, 11) is 2.08. The Morgan fingerprint density at radius 1 is 1.05 bits per heavy atom. The second-order valence-corrected chi connectivity index (χ2v) is 5.14. The van der Waals surface area contributed by atoms with Crippen LogP contribution in [0.4, 0.5) is 5.95 Å². The van der Waals surface area contributed by atoms with Crippen LogP contribution < -0.4 is 5.73 Å². The fraction of sp³-hybridized carbons (Fsp3) is 0.188. The van der Waals surface area contributed by atoms with Gasteiger partial charge in [-0.3, -0.25) is 9.88 Å². The van der Waals surface area contributed by atoms with Crippen LogP contribution in [-0.4, -0.2) is 26.9 Å². The molecule has 0 atom stereocenters. The topological polar surface area (TPSA) is 67.9 Å². The average Bonchev–Trinajstić information content (AvgIpc) is 2.50. The van der Waals surface area contributed by atoms with Crippen molar-refractivity contribution in [2.75, 3.05) is 12.8 Å². The van der Waals surface area contributed by atoms with Crippen molar-refractivity contribution < 1.29 is 0 Å². The Bertz CT molecular complexity index is 734. The van der Waals surface area contributed by atoms with Gasteiger partial charge in [0.2, 0.25) is 5.95 Å². The van der Waals surface area contributed by atoms with E-state index in [1.165, 1.54) is 16.3 Å². The molecule has 21 heavy (non-hydrogen) atoms. The van der Waals surface area contributed by atoms with Gasteiger partial charge in [0.1, 0.15) is 0 Å².